The molecule has 1 aliphatic rings. The van der Waals surface area contributed by atoms with Gasteiger partial charge in [-0.1, -0.05) is 31.0 Å². The average molecular weight is 336 g/mol. The first-order valence-corrected chi connectivity index (χ1v) is 8.92. The van der Waals surface area contributed by atoms with Gasteiger partial charge in [-0.3, -0.25) is 4.79 Å². The standard InChI is InChI=1S/C15H24N6OS/c1-11(2)21-14(17-18-19-21)23-12(3)13(22)20(4)15(10-16)8-6-5-7-9-15/h11-12H,5-9H2,1-4H3/t12-/m0/s1. The van der Waals surface area contributed by atoms with Crippen LogP contribution < -0.4 is 0 Å². The molecular weight excluding hydrogens is 312 g/mol. The molecule has 1 fully saturated rings. The van der Waals surface area contributed by atoms with E-state index in [0.29, 0.717) is 5.16 Å². The minimum atomic E-state index is -0.659. The Kier molecular flexibility index (Phi) is 5.63. The van der Waals surface area contributed by atoms with E-state index in [1.807, 2.05) is 20.8 Å². The van der Waals surface area contributed by atoms with E-state index in [1.54, 1.807) is 16.6 Å². The lowest BCUT2D eigenvalue weighted by molar-refractivity contribution is -0.133. The first-order chi connectivity index (χ1) is 10.9. The van der Waals surface area contributed by atoms with Gasteiger partial charge >= 0.3 is 0 Å². The van der Waals surface area contributed by atoms with E-state index in [-0.39, 0.29) is 17.2 Å². The van der Waals surface area contributed by atoms with E-state index in [0.717, 1.165) is 32.1 Å². The number of amides is 1. The molecular formula is C15H24N6OS. The lowest BCUT2D eigenvalue weighted by atomic mass is 9.81. The highest BCUT2D eigenvalue weighted by Gasteiger charge is 2.40. The van der Waals surface area contributed by atoms with Crippen molar-refractivity contribution < 1.29 is 4.79 Å². The lowest BCUT2D eigenvalue weighted by Crippen LogP contribution is -2.52. The van der Waals surface area contributed by atoms with Gasteiger partial charge in [0.25, 0.3) is 0 Å². The Labute approximate surface area is 141 Å². The third kappa shape index (κ3) is 3.66. The van der Waals surface area contributed by atoms with Crippen molar-refractivity contribution in [1.29, 1.82) is 5.26 Å². The van der Waals surface area contributed by atoms with Crippen molar-refractivity contribution in [2.45, 2.75) is 74.9 Å². The second-order valence-electron chi connectivity index (χ2n) is 6.36. The first-order valence-electron chi connectivity index (χ1n) is 8.05. The molecule has 0 unspecified atom stereocenters. The molecule has 0 bridgehead atoms. The first kappa shape index (κ1) is 17.7. The van der Waals surface area contributed by atoms with Crippen LogP contribution in [0.4, 0.5) is 0 Å². The summed E-state index contributed by atoms with van der Waals surface area (Å²) in [5.74, 6) is -0.0447. The van der Waals surface area contributed by atoms with E-state index in [1.165, 1.54) is 11.8 Å². The quantitative estimate of drug-likeness (QED) is 0.767. The Balaban J connectivity index is 2.09. The summed E-state index contributed by atoms with van der Waals surface area (Å²) >= 11 is 1.34. The molecule has 0 saturated heterocycles. The third-order valence-corrected chi connectivity index (χ3v) is 5.48. The Bertz CT molecular complexity index is 587. The van der Waals surface area contributed by atoms with Crippen LogP contribution >= 0.6 is 11.8 Å². The Morgan fingerprint density at radius 1 is 1.35 bits per heavy atom. The Morgan fingerprint density at radius 2 is 2.00 bits per heavy atom. The highest BCUT2D eigenvalue weighted by Crippen LogP contribution is 2.34. The molecule has 0 aliphatic heterocycles. The molecule has 1 atom stereocenters. The predicted octanol–water partition coefficient (Wildman–Crippen LogP) is 2.42. The van der Waals surface area contributed by atoms with Crippen LogP contribution in [0, 0.1) is 11.3 Å². The maximum Gasteiger partial charge on any atom is 0.236 e. The lowest BCUT2D eigenvalue weighted by Gasteiger charge is -2.40. The average Bonchev–Trinajstić information content (AvgIpc) is 3.02. The summed E-state index contributed by atoms with van der Waals surface area (Å²) in [5.41, 5.74) is -0.659. The van der Waals surface area contributed by atoms with Crippen LogP contribution in [0.5, 0.6) is 0 Å². The van der Waals surface area contributed by atoms with Crippen molar-refractivity contribution in [1.82, 2.24) is 25.1 Å². The summed E-state index contributed by atoms with van der Waals surface area (Å²) in [5, 5.41) is 21.6. The van der Waals surface area contributed by atoms with Gasteiger partial charge in [0.05, 0.1) is 17.4 Å². The van der Waals surface area contributed by atoms with Crippen LogP contribution in [0.2, 0.25) is 0 Å². The molecule has 0 radical (unpaired) electrons. The minimum absolute atomic E-state index is 0.0447. The zero-order valence-electron chi connectivity index (χ0n) is 14.2. The topological polar surface area (TPSA) is 87.7 Å². The van der Waals surface area contributed by atoms with Gasteiger partial charge in [-0.05, 0) is 44.0 Å². The van der Waals surface area contributed by atoms with E-state index in [9.17, 15) is 10.1 Å². The second-order valence-corrected chi connectivity index (χ2v) is 7.67. The van der Waals surface area contributed by atoms with Gasteiger partial charge in [-0.25, -0.2) is 4.68 Å². The zero-order valence-corrected chi connectivity index (χ0v) is 15.0. The number of carbonyl (C=O) groups excluding carboxylic acids is 1. The van der Waals surface area contributed by atoms with Crippen LogP contribution in [0.1, 0.15) is 58.9 Å². The number of hydrogen-bond acceptors (Lipinski definition) is 6. The maximum absolute atomic E-state index is 12.8. The summed E-state index contributed by atoms with van der Waals surface area (Å²) < 4.78 is 1.70. The highest BCUT2D eigenvalue weighted by atomic mass is 32.2. The van der Waals surface area contributed by atoms with Crippen LogP contribution in [0.15, 0.2) is 5.16 Å². The number of rotatable bonds is 5. The molecule has 0 spiro atoms. The number of aromatic nitrogens is 4. The molecule has 0 N–H and O–H groups in total. The van der Waals surface area contributed by atoms with Gasteiger partial charge in [0.15, 0.2) is 0 Å². The summed E-state index contributed by atoms with van der Waals surface area (Å²) in [6, 6.07) is 2.53. The van der Waals surface area contributed by atoms with E-state index < -0.39 is 5.54 Å². The predicted molar refractivity (Wildman–Crippen MR) is 87.7 cm³/mol. The van der Waals surface area contributed by atoms with Crippen molar-refractivity contribution >= 4 is 17.7 Å². The fraction of sp³-hybridized carbons (Fsp3) is 0.800. The highest BCUT2D eigenvalue weighted by molar-refractivity contribution is 8.00. The van der Waals surface area contributed by atoms with Gasteiger partial charge in [0.2, 0.25) is 11.1 Å². The van der Waals surface area contributed by atoms with Crippen LogP contribution in [0.25, 0.3) is 0 Å². The number of nitriles is 1. The van der Waals surface area contributed by atoms with Crippen molar-refractivity contribution in [2.24, 2.45) is 0 Å². The zero-order chi connectivity index (χ0) is 17.0. The number of hydrogen-bond donors (Lipinski definition) is 0. The minimum Gasteiger partial charge on any atom is -0.326 e. The summed E-state index contributed by atoms with van der Waals surface area (Å²) in [6.45, 7) is 5.83. The second kappa shape index (κ2) is 7.30. The largest absolute Gasteiger partial charge is 0.326 e. The Morgan fingerprint density at radius 3 is 2.57 bits per heavy atom. The fourth-order valence-corrected chi connectivity index (χ4v) is 3.95. The summed E-state index contributed by atoms with van der Waals surface area (Å²) in [7, 11) is 1.75. The molecule has 23 heavy (non-hydrogen) atoms. The fourth-order valence-electron chi connectivity index (χ4n) is 2.94. The normalized spacial score (nSPS) is 18.4. The summed E-state index contributed by atoms with van der Waals surface area (Å²) in [6.07, 6.45) is 4.65. The van der Waals surface area contributed by atoms with Crippen molar-refractivity contribution in [2.75, 3.05) is 7.05 Å². The van der Waals surface area contributed by atoms with Gasteiger partial charge < -0.3 is 4.90 Å². The van der Waals surface area contributed by atoms with Crippen LogP contribution in [0.3, 0.4) is 0 Å². The molecule has 1 aliphatic carbocycles. The molecule has 126 valence electrons. The molecule has 8 heteroatoms. The van der Waals surface area contributed by atoms with Crippen molar-refractivity contribution in [3.63, 3.8) is 0 Å². The molecule has 1 amide bonds. The van der Waals surface area contributed by atoms with E-state index in [4.69, 9.17) is 0 Å². The van der Waals surface area contributed by atoms with Crippen molar-refractivity contribution in [3.05, 3.63) is 0 Å². The SMILES string of the molecule is CC(C)n1nnnc1S[C@@H](C)C(=O)N(C)C1(C#N)CCCCC1. The van der Waals surface area contributed by atoms with Gasteiger partial charge in [-0.15, -0.1) is 5.10 Å². The molecule has 2 rings (SSSR count). The van der Waals surface area contributed by atoms with Gasteiger partial charge in [0, 0.05) is 7.05 Å². The van der Waals surface area contributed by atoms with Gasteiger partial charge in [0.1, 0.15) is 5.54 Å². The van der Waals surface area contributed by atoms with Crippen LogP contribution in [-0.4, -0.2) is 48.9 Å². The van der Waals surface area contributed by atoms with E-state index in [2.05, 4.69) is 21.6 Å². The number of nitrogens with zero attached hydrogens (tertiary/aromatic N) is 6. The molecule has 0 aromatic carbocycles. The molecule has 1 saturated carbocycles. The molecule has 1 aromatic heterocycles. The molecule has 1 aromatic rings. The van der Waals surface area contributed by atoms with E-state index >= 15 is 0 Å². The maximum atomic E-state index is 12.8. The Hall–Kier alpha value is -1.62. The number of thioether (sulfide) groups is 1. The van der Waals surface area contributed by atoms with Gasteiger partial charge in [-0.2, -0.15) is 5.26 Å². The smallest absolute Gasteiger partial charge is 0.236 e. The molecule has 1 heterocycles. The molecule has 7 nitrogen and oxygen atoms in total. The summed E-state index contributed by atoms with van der Waals surface area (Å²) in [4.78, 5) is 14.4. The number of carbonyl (C=O) groups is 1. The number of tetrazole rings is 1. The van der Waals surface area contributed by atoms with Crippen molar-refractivity contribution in [3.8, 4) is 6.07 Å². The third-order valence-electron chi connectivity index (χ3n) is 4.44. The van der Waals surface area contributed by atoms with Crippen LogP contribution in [-0.2, 0) is 4.79 Å². The monoisotopic (exact) mass is 336 g/mol.